The Kier molecular flexibility index (Phi) is 15.0. The van der Waals surface area contributed by atoms with Gasteiger partial charge in [0.15, 0.2) is 0 Å². The molecule has 16 nitrogen and oxygen atoms in total. The fraction of sp³-hybridized carbons (Fsp3) is 0.366. The highest BCUT2D eigenvalue weighted by molar-refractivity contribution is 6.02. The SMILES string of the molecule is COC(=O)c1cc2ccc(OCc3ccccc3)cc2n1C(=O)OCc1ccc(NC(=O)[C@H](CCCNC(N)=O)NC(=O)C(NC(=O)OC(C)(C)C)C(C)C)cc1. The van der Waals surface area contributed by atoms with Crippen LogP contribution in [0.15, 0.2) is 78.9 Å². The third-order valence-corrected chi connectivity index (χ3v) is 8.41. The number of rotatable bonds is 16. The number of hydrogen-bond acceptors (Lipinski definition) is 10. The Morgan fingerprint density at radius 3 is 2.14 bits per heavy atom. The van der Waals surface area contributed by atoms with Crippen molar-refractivity contribution in [2.45, 2.75) is 78.4 Å². The number of alkyl carbamates (subject to hydrolysis) is 1. The normalized spacial score (nSPS) is 12.2. The second-order valence-electron chi connectivity index (χ2n) is 14.5. The van der Waals surface area contributed by atoms with Gasteiger partial charge >= 0.3 is 24.2 Å². The number of fused-ring (bicyclic) bond motifs is 1. The average Bonchev–Trinajstić information content (AvgIpc) is 3.55. The minimum atomic E-state index is -1.06. The summed E-state index contributed by atoms with van der Waals surface area (Å²) < 4.78 is 22.9. The molecule has 1 aromatic heterocycles. The van der Waals surface area contributed by atoms with Gasteiger partial charge in [-0.2, -0.15) is 0 Å². The fourth-order valence-electron chi connectivity index (χ4n) is 5.60. The number of benzene rings is 3. The summed E-state index contributed by atoms with van der Waals surface area (Å²) in [6.07, 6.45) is -1.18. The minimum Gasteiger partial charge on any atom is -0.489 e. The number of amides is 5. The van der Waals surface area contributed by atoms with Gasteiger partial charge in [-0.3, -0.25) is 9.59 Å². The van der Waals surface area contributed by atoms with Gasteiger partial charge in [0.2, 0.25) is 11.8 Å². The van der Waals surface area contributed by atoms with E-state index in [-0.39, 0.29) is 31.2 Å². The van der Waals surface area contributed by atoms with Gasteiger partial charge in [0.05, 0.1) is 12.6 Å². The number of nitrogens with one attached hydrogen (secondary N) is 4. The molecule has 0 aliphatic carbocycles. The molecule has 5 amide bonds. The molecule has 0 bridgehead atoms. The lowest BCUT2D eigenvalue weighted by molar-refractivity contribution is -0.128. The molecule has 4 aromatic rings. The van der Waals surface area contributed by atoms with Crippen LogP contribution >= 0.6 is 0 Å². The molecule has 304 valence electrons. The first-order chi connectivity index (χ1) is 27.0. The Morgan fingerprint density at radius 1 is 0.825 bits per heavy atom. The van der Waals surface area contributed by atoms with Crippen molar-refractivity contribution >= 4 is 52.6 Å². The van der Waals surface area contributed by atoms with Gasteiger partial charge in [0.1, 0.15) is 42.3 Å². The lowest BCUT2D eigenvalue weighted by atomic mass is 10.0. The van der Waals surface area contributed by atoms with E-state index in [9.17, 15) is 28.8 Å². The van der Waals surface area contributed by atoms with E-state index in [0.29, 0.717) is 40.9 Å². The second-order valence-corrected chi connectivity index (χ2v) is 14.5. The van der Waals surface area contributed by atoms with Gasteiger partial charge in [0.25, 0.3) is 0 Å². The van der Waals surface area contributed by atoms with Gasteiger partial charge in [-0.05, 0) is 81.0 Å². The van der Waals surface area contributed by atoms with Crippen LogP contribution in [0.3, 0.4) is 0 Å². The molecule has 4 rings (SSSR count). The Hall–Kier alpha value is -6.58. The van der Waals surface area contributed by atoms with E-state index in [1.165, 1.54) is 13.2 Å². The van der Waals surface area contributed by atoms with E-state index >= 15 is 0 Å². The molecule has 0 aliphatic heterocycles. The maximum atomic E-state index is 13.5. The average molecular weight is 787 g/mol. The summed E-state index contributed by atoms with van der Waals surface area (Å²) in [6, 6.07) is 19.9. The highest BCUT2D eigenvalue weighted by atomic mass is 16.6. The predicted molar refractivity (Wildman–Crippen MR) is 211 cm³/mol. The number of nitrogens with zero attached hydrogens (tertiary/aromatic N) is 1. The lowest BCUT2D eigenvalue weighted by Gasteiger charge is -2.27. The van der Waals surface area contributed by atoms with Crippen molar-refractivity contribution in [3.05, 3.63) is 95.7 Å². The van der Waals surface area contributed by atoms with E-state index < -0.39 is 53.7 Å². The van der Waals surface area contributed by atoms with Gasteiger partial charge in [-0.25, -0.2) is 23.7 Å². The first-order valence-electron chi connectivity index (χ1n) is 18.3. The molecule has 1 heterocycles. The van der Waals surface area contributed by atoms with Crippen molar-refractivity contribution in [2.75, 3.05) is 19.0 Å². The maximum absolute atomic E-state index is 13.5. The van der Waals surface area contributed by atoms with E-state index in [4.69, 9.17) is 24.7 Å². The third-order valence-electron chi connectivity index (χ3n) is 8.41. The molecule has 0 radical (unpaired) electrons. The van der Waals surface area contributed by atoms with Crippen LogP contribution in [-0.4, -0.2) is 71.9 Å². The Bertz CT molecular complexity index is 2040. The number of esters is 1. The molecular formula is C41H50N6O10. The summed E-state index contributed by atoms with van der Waals surface area (Å²) in [7, 11) is 1.22. The third kappa shape index (κ3) is 13.0. The highest BCUT2D eigenvalue weighted by Gasteiger charge is 2.30. The largest absolute Gasteiger partial charge is 0.489 e. The summed E-state index contributed by atoms with van der Waals surface area (Å²) in [5.74, 6) is -1.75. The van der Waals surface area contributed by atoms with Crippen LogP contribution in [0.5, 0.6) is 5.75 Å². The molecule has 3 aromatic carbocycles. The van der Waals surface area contributed by atoms with Crippen LogP contribution in [0.25, 0.3) is 10.9 Å². The molecule has 2 atom stereocenters. The zero-order valence-electron chi connectivity index (χ0n) is 32.9. The number of hydrogen-bond donors (Lipinski definition) is 5. The molecule has 0 saturated carbocycles. The zero-order chi connectivity index (χ0) is 41.7. The van der Waals surface area contributed by atoms with E-state index in [0.717, 1.165) is 10.1 Å². The molecule has 0 spiro atoms. The summed E-state index contributed by atoms with van der Waals surface area (Å²) in [6.45, 7) is 8.86. The summed E-state index contributed by atoms with van der Waals surface area (Å²) in [5, 5.41) is 11.1. The van der Waals surface area contributed by atoms with E-state index in [2.05, 4.69) is 21.3 Å². The molecule has 6 N–H and O–H groups in total. The summed E-state index contributed by atoms with van der Waals surface area (Å²) >= 11 is 0. The van der Waals surface area contributed by atoms with Crippen LogP contribution < -0.4 is 31.7 Å². The summed E-state index contributed by atoms with van der Waals surface area (Å²) in [4.78, 5) is 76.7. The van der Waals surface area contributed by atoms with Crippen molar-refractivity contribution in [1.29, 1.82) is 0 Å². The van der Waals surface area contributed by atoms with Gasteiger partial charge in [-0.15, -0.1) is 0 Å². The summed E-state index contributed by atoms with van der Waals surface area (Å²) in [5.41, 5.74) is 6.64. The monoisotopic (exact) mass is 786 g/mol. The smallest absolute Gasteiger partial charge is 0.419 e. The van der Waals surface area contributed by atoms with Crippen LogP contribution in [0, 0.1) is 5.92 Å². The molecule has 0 saturated heterocycles. The van der Waals surface area contributed by atoms with Crippen LogP contribution in [0.1, 0.15) is 69.1 Å². The van der Waals surface area contributed by atoms with Crippen molar-refractivity contribution < 1.29 is 47.7 Å². The molecule has 1 unspecified atom stereocenters. The molecule has 0 aliphatic rings. The number of urea groups is 1. The number of anilines is 1. The number of nitrogens with two attached hydrogens (primary N) is 1. The Morgan fingerprint density at radius 2 is 1.51 bits per heavy atom. The molecule has 57 heavy (non-hydrogen) atoms. The van der Waals surface area contributed by atoms with Crippen molar-refractivity contribution in [3.63, 3.8) is 0 Å². The highest BCUT2D eigenvalue weighted by Crippen LogP contribution is 2.27. The second kappa shape index (κ2) is 19.8. The van der Waals surface area contributed by atoms with Gasteiger partial charge < -0.3 is 45.9 Å². The quantitative estimate of drug-likeness (QED) is 0.0537. The molecule has 16 heteroatoms. The fourth-order valence-corrected chi connectivity index (χ4v) is 5.60. The van der Waals surface area contributed by atoms with Gasteiger partial charge in [0, 0.05) is 23.7 Å². The Labute approximate surface area is 330 Å². The first-order valence-corrected chi connectivity index (χ1v) is 18.3. The predicted octanol–water partition coefficient (Wildman–Crippen LogP) is 5.61. The lowest BCUT2D eigenvalue weighted by Crippen LogP contribution is -2.55. The van der Waals surface area contributed by atoms with Crippen molar-refractivity contribution in [1.82, 2.24) is 20.5 Å². The first kappa shape index (κ1) is 43.2. The van der Waals surface area contributed by atoms with Crippen LogP contribution in [-0.2, 0) is 37.0 Å². The van der Waals surface area contributed by atoms with E-state index in [1.807, 2.05) is 30.3 Å². The number of ether oxygens (including phenoxy) is 4. The van der Waals surface area contributed by atoms with Crippen LogP contribution in [0.2, 0.25) is 0 Å². The number of carbonyl (C=O) groups excluding carboxylic acids is 6. The van der Waals surface area contributed by atoms with Crippen LogP contribution in [0.4, 0.5) is 20.1 Å². The Balaban J connectivity index is 1.43. The number of primary amides is 1. The van der Waals surface area contributed by atoms with Gasteiger partial charge in [-0.1, -0.05) is 56.3 Å². The number of aromatic nitrogens is 1. The van der Waals surface area contributed by atoms with Crippen molar-refractivity contribution in [2.24, 2.45) is 11.7 Å². The zero-order valence-corrected chi connectivity index (χ0v) is 32.9. The standard InChI is InChI=1S/C41H50N6O10/c1-25(2)34(46-39(52)57-41(3,4)5)36(49)45-31(13-10-20-43-38(42)51)35(48)44-29-17-14-27(15-18-29)24-56-40(53)47-32-22-30(55-23-26-11-8-7-9-12-26)19-16-28(32)21-33(47)37(50)54-6/h7-9,11-12,14-19,21-22,25,31,34H,10,13,20,23-24H2,1-6H3,(H,44,48)(H,45,49)(H,46,52)(H3,42,43,51)/t31-,34?/m0/s1. The number of methoxy groups -OCH3 is 1. The number of carbonyl (C=O) groups is 6. The van der Waals surface area contributed by atoms with E-state index in [1.54, 1.807) is 77.1 Å². The molecule has 0 fully saturated rings. The minimum absolute atomic E-state index is 0.0249. The topological polar surface area (TPSA) is 218 Å². The molecular weight excluding hydrogens is 736 g/mol. The van der Waals surface area contributed by atoms with Crippen molar-refractivity contribution in [3.8, 4) is 5.75 Å². The maximum Gasteiger partial charge on any atom is 0.419 e.